The molecule has 122 valence electrons. The van der Waals surface area contributed by atoms with E-state index in [-0.39, 0.29) is 30.0 Å². The molecule has 3 N–H and O–H groups in total. The number of rotatable bonds is 5. The first-order valence-corrected chi connectivity index (χ1v) is 7.64. The van der Waals surface area contributed by atoms with Gasteiger partial charge in [-0.05, 0) is 43.2 Å². The van der Waals surface area contributed by atoms with Gasteiger partial charge >= 0.3 is 0 Å². The van der Waals surface area contributed by atoms with E-state index in [0.717, 1.165) is 17.9 Å². The molecule has 0 aromatic heterocycles. The van der Waals surface area contributed by atoms with Crippen molar-refractivity contribution < 1.29 is 4.74 Å². The van der Waals surface area contributed by atoms with E-state index in [2.05, 4.69) is 22.4 Å². The second-order valence-electron chi connectivity index (χ2n) is 5.42. The highest BCUT2D eigenvalue weighted by Gasteiger charge is 2.38. The summed E-state index contributed by atoms with van der Waals surface area (Å²) in [4.78, 5) is 4.55. The molecule has 2 atom stereocenters. The van der Waals surface area contributed by atoms with Gasteiger partial charge in [0, 0.05) is 11.6 Å². The van der Waals surface area contributed by atoms with Gasteiger partial charge in [-0.1, -0.05) is 30.3 Å². The van der Waals surface area contributed by atoms with Crippen LogP contribution in [-0.4, -0.2) is 18.6 Å². The van der Waals surface area contributed by atoms with Gasteiger partial charge in [0.05, 0.1) is 12.6 Å². The zero-order chi connectivity index (χ0) is 15.4. The Kier molecular flexibility index (Phi) is 6.27. The van der Waals surface area contributed by atoms with Crippen LogP contribution in [0.1, 0.15) is 24.8 Å². The molecule has 0 saturated heterocycles. The first-order chi connectivity index (χ1) is 10.8. The average Bonchev–Trinajstić information content (AvgIpc) is 3.28. The fourth-order valence-corrected chi connectivity index (χ4v) is 2.54. The smallest absolute Gasteiger partial charge is 0.193 e. The van der Waals surface area contributed by atoms with Crippen molar-refractivity contribution in [3.8, 4) is 5.75 Å². The standard InChI is InChI=1S/C18H21N3O.HI/c1-2-22-15-10-8-13(9-11-15)16-12-17(16)21-18(19)20-14-6-4-3-5-7-14;/h3-11,16-17H,2,12H2,1H3,(H3,19,20,21);1H/t16-,17+;/m0./s1. The summed E-state index contributed by atoms with van der Waals surface area (Å²) in [7, 11) is 0. The third-order valence-electron chi connectivity index (χ3n) is 3.73. The zero-order valence-electron chi connectivity index (χ0n) is 13.1. The summed E-state index contributed by atoms with van der Waals surface area (Å²) in [5.74, 6) is 1.86. The maximum atomic E-state index is 5.97. The molecule has 1 aliphatic carbocycles. The van der Waals surface area contributed by atoms with Gasteiger partial charge in [-0.25, -0.2) is 4.99 Å². The number of benzene rings is 2. The van der Waals surface area contributed by atoms with Crippen LogP contribution in [0.15, 0.2) is 59.6 Å². The van der Waals surface area contributed by atoms with E-state index >= 15 is 0 Å². The van der Waals surface area contributed by atoms with E-state index in [1.54, 1.807) is 0 Å². The number of nitrogens with one attached hydrogen (secondary N) is 1. The molecule has 0 bridgehead atoms. The zero-order valence-corrected chi connectivity index (χ0v) is 15.4. The molecule has 3 rings (SSSR count). The number of halogens is 1. The van der Waals surface area contributed by atoms with Crippen LogP contribution in [0.25, 0.3) is 0 Å². The summed E-state index contributed by atoms with van der Waals surface area (Å²) >= 11 is 0. The Bertz CT molecular complexity index is 643. The maximum absolute atomic E-state index is 5.97. The molecule has 0 heterocycles. The fraction of sp³-hybridized carbons (Fsp3) is 0.278. The largest absolute Gasteiger partial charge is 0.494 e. The average molecular weight is 423 g/mol. The topological polar surface area (TPSA) is 59.6 Å². The highest BCUT2D eigenvalue weighted by atomic mass is 127. The molecule has 0 radical (unpaired) electrons. The van der Waals surface area contributed by atoms with Gasteiger partial charge in [-0.3, -0.25) is 0 Å². The number of ether oxygens (including phenoxy) is 1. The molecule has 23 heavy (non-hydrogen) atoms. The first kappa shape index (κ1) is 17.6. The van der Waals surface area contributed by atoms with Crippen LogP contribution in [0.2, 0.25) is 0 Å². The Labute approximate surface area is 154 Å². The Morgan fingerprint density at radius 3 is 2.52 bits per heavy atom. The summed E-state index contributed by atoms with van der Waals surface area (Å²) in [6, 6.07) is 18.4. The Morgan fingerprint density at radius 1 is 1.17 bits per heavy atom. The molecule has 0 amide bonds. The van der Waals surface area contributed by atoms with Crippen LogP contribution in [0.3, 0.4) is 0 Å². The highest BCUT2D eigenvalue weighted by molar-refractivity contribution is 14.0. The summed E-state index contributed by atoms with van der Waals surface area (Å²) in [6.07, 6.45) is 1.05. The summed E-state index contributed by atoms with van der Waals surface area (Å²) in [5.41, 5.74) is 8.23. The van der Waals surface area contributed by atoms with E-state index < -0.39 is 0 Å². The second kappa shape index (κ2) is 8.19. The van der Waals surface area contributed by atoms with Crippen molar-refractivity contribution in [2.45, 2.75) is 25.3 Å². The quantitative estimate of drug-likeness (QED) is 0.435. The maximum Gasteiger partial charge on any atom is 0.193 e. The lowest BCUT2D eigenvalue weighted by molar-refractivity contribution is 0.340. The van der Waals surface area contributed by atoms with E-state index in [9.17, 15) is 0 Å². The number of anilines is 1. The molecular weight excluding hydrogens is 401 g/mol. The molecule has 1 saturated carbocycles. The van der Waals surface area contributed by atoms with Gasteiger partial charge in [0.25, 0.3) is 0 Å². The van der Waals surface area contributed by atoms with Crippen molar-refractivity contribution in [3.05, 3.63) is 60.2 Å². The minimum atomic E-state index is 0. The normalized spacial score (nSPS) is 19.6. The third kappa shape index (κ3) is 4.86. The number of guanidine groups is 1. The highest BCUT2D eigenvalue weighted by Crippen LogP contribution is 2.43. The summed E-state index contributed by atoms with van der Waals surface area (Å²) < 4.78 is 5.46. The van der Waals surface area contributed by atoms with Crippen LogP contribution in [0.5, 0.6) is 5.75 Å². The lowest BCUT2D eigenvalue weighted by Gasteiger charge is -2.06. The molecule has 2 aromatic rings. The Balaban J connectivity index is 0.00000192. The number of hydrogen-bond acceptors (Lipinski definition) is 2. The molecular formula is C18H22IN3O. The van der Waals surface area contributed by atoms with Gasteiger partial charge in [0.1, 0.15) is 5.75 Å². The molecule has 0 spiro atoms. The van der Waals surface area contributed by atoms with Crippen molar-refractivity contribution in [1.82, 2.24) is 0 Å². The lowest BCUT2D eigenvalue weighted by Crippen LogP contribution is -2.23. The fourth-order valence-electron chi connectivity index (χ4n) is 2.54. The van der Waals surface area contributed by atoms with Crippen molar-refractivity contribution in [2.24, 2.45) is 10.7 Å². The minimum absolute atomic E-state index is 0. The Hall–Kier alpha value is -1.76. The molecule has 5 heteroatoms. The van der Waals surface area contributed by atoms with Crippen molar-refractivity contribution in [3.63, 3.8) is 0 Å². The van der Waals surface area contributed by atoms with Crippen molar-refractivity contribution >= 4 is 35.6 Å². The van der Waals surface area contributed by atoms with Gasteiger partial charge in [0.15, 0.2) is 5.96 Å². The molecule has 1 fully saturated rings. The van der Waals surface area contributed by atoms with Crippen LogP contribution in [0, 0.1) is 0 Å². The van der Waals surface area contributed by atoms with E-state index in [1.165, 1.54) is 5.56 Å². The van der Waals surface area contributed by atoms with Crippen LogP contribution in [0.4, 0.5) is 5.69 Å². The van der Waals surface area contributed by atoms with Gasteiger partial charge in [-0.2, -0.15) is 0 Å². The predicted octanol–water partition coefficient (Wildman–Crippen LogP) is 3.99. The van der Waals surface area contributed by atoms with E-state index in [4.69, 9.17) is 10.5 Å². The predicted molar refractivity (Wildman–Crippen MR) is 106 cm³/mol. The number of hydrogen-bond donors (Lipinski definition) is 2. The summed E-state index contributed by atoms with van der Waals surface area (Å²) in [6.45, 7) is 2.68. The molecule has 0 unspecified atom stereocenters. The number of para-hydroxylation sites is 1. The summed E-state index contributed by atoms with van der Waals surface area (Å²) in [5, 5.41) is 3.12. The van der Waals surface area contributed by atoms with Gasteiger partial charge in [-0.15, -0.1) is 24.0 Å². The van der Waals surface area contributed by atoms with Crippen molar-refractivity contribution in [2.75, 3.05) is 11.9 Å². The van der Waals surface area contributed by atoms with Crippen LogP contribution < -0.4 is 15.8 Å². The monoisotopic (exact) mass is 423 g/mol. The van der Waals surface area contributed by atoms with E-state index in [1.807, 2.05) is 49.4 Å². The lowest BCUT2D eigenvalue weighted by atomic mass is 10.1. The number of nitrogens with two attached hydrogens (primary N) is 1. The van der Waals surface area contributed by atoms with Crippen LogP contribution >= 0.6 is 24.0 Å². The van der Waals surface area contributed by atoms with E-state index in [0.29, 0.717) is 18.5 Å². The second-order valence-corrected chi connectivity index (χ2v) is 5.42. The first-order valence-electron chi connectivity index (χ1n) is 7.64. The SMILES string of the molecule is CCOc1ccc([C@@H]2C[C@H]2N=C(N)Nc2ccccc2)cc1.I. The van der Waals surface area contributed by atoms with Gasteiger partial charge < -0.3 is 15.8 Å². The van der Waals surface area contributed by atoms with Gasteiger partial charge in [0.2, 0.25) is 0 Å². The number of aliphatic imine (C=N–C) groups is 1. The van der Waals surface area contributed by atoms with Crippen molar-refractivity contribution in [1.29, 1.82) is 0 Å². The Morgan fingerprint density at radius 2 is 1.87 bits per heavy atom. The molecule has 0 aliphatic heterocycles. The molecule has 1 aliphatic rings. The number of nitrogens with zero attached hydrogens (tertiary/aromatic N) is 1. The molecule has 2 aromatic carbocycles. The minimum Gasteiger partial charge on any atom is -0.494 e. The molecule has 4 nitrogen and oxygen atoms in total. The third-order valence-corrected chi connectivity index (χ3v) is 3.73. The van der Waals surface area contributed by atoms with Crippen LogP contribution in [-0.2, 0) is 0 Å².